The van der Waals surface area contributed by atoms with Gasteiger partial charge in [-0.2, -0.15) is 0 Å². The molecule has 0 aliphatic heterocycles. The highest BCUT2D eigenvalue weighted by Gasteiger charge is 2.20. The average Bonchev–Trinajstić information content (AvgIpc) is 2.49. The van der Waals surface area contributed by atoms with Crippen LogP contribution < -0.4 is 0 Å². The van der Waals surface area contributed by atoms with Crippen molar-refractivity contribution >= 4 is 106 Å². The van der Waals surface area contributed by atoms with E-state index in [9.17, 15) is 4.21 Å². The third kappa shape index (κ3) is 3.68. The first-order valence-electron chi connectivity index (χ1n) is 5.86. The van der Waals surface area contributed by atoms with Crippen LogP contribution >= 0.6 is 95.6 Å². The molecule has 0 saturated carbocycles. The molecule has 0 heterocycles. The monoisotopic (exact) mass is 698 g/mol. The van der Waals surface area contributed by atoms with Crippen molar-refractivity contribution in [3.8, 4) is 0 Å². The molecule has 0 aliphatic rings. The second kappa shape index (κ2) is 7.79. The largest absolute Gasteiger partial charge is 0.249 e. The highest BCUT2D eigenvalue weighted by Crippen LogP contribution is 2.41. The molecule has 0 N–H and O–H groups in total. The third-order valence-electron chi connectivity index (χ3n) is 3.12. The minimum atomic E-state index is -1.29. The number of hydrogen-bond acceptors (Lipinski definition) is 1. The minimum Gasteiger partial charge on any atom is -0.249 e. The first kappa shape index (κ1) is 19.8. The summed E-state index contributed by atoms with van der Waals surface area (Å²) in [7, 11) is -1.29. The quantitative estimate of drug-likeness (QED) is 0.290. The van der Waals surface area contributed by atoms with Crippen molar-refractivity contribution < 1.29 is 4.21 Å². The summed E-state index contributed by atoms with van der Waals surface area (Å²) in [5.41, 5.74) is 1.89. The maximum Gasteiger partial charge on any atom is 0.0856 e. The van der Waals surface area contributed by atoms with E-state index < -0.39 is 10.8 Å². The molecule has 2 rings (SSSR count). The lowest BCUT2D eigenvalue weighted by Crippen LogP contribution is -2.01. The molecule has 2 aromatic rings. The third-order valence-corrected chi connectivity index (χ3v) is 11.8. The van der Waals surface area contributed by atoms with Crippen molar-refractivity contribution in [2.45, 2.75) is 23.6 Å². The molecule has 0 aromatic heterocycles. The molecule has 1 nitrogen and oxygen atoms in total. The SMILES string of the molecule is Cc1c(S(=O)c2cc(Br)c(Br)c(Br)c2C)cc(Br)c(Br)c1Br. The summed E-state index contributed by atoms with van der Waals surface area (Å²) in [6.45, 7) is 3.90. The van der Waals surface area contributed by atoms with E-state index in [0.717, 1.165) is 47.8 Å². The van der Waals surface area contributed by atoms with Gasteiger partial charge < -0.3 is 0 Å². The number of benzene rings is 2. The zero-order valence-corrected chi connectivity index (χ0v) is 21.6. The Labute approximate surface area is 182 Å². The summed E-state index contributed by atoms with van der Waals surface area (Å²) < 4.78 is 18.5. The highest BCUT2D eigenvalue weighted by molar-refractivity contribution is 9.15. The molecule has 0 aliphatic carbocycles. The van der Waals surface area contributed by atoms with Crippen molar-refractivity contribution in [3.63, 3.8) is 0 Å². The van der Waals surface area contributed by atoms with Gasteiger partial charge in [0.15, 0.2) is 0 Å². The minimum absolute atomic E-state index is 0.770. The first-order chi connectivity index (χ1) is 10.2. The summed E-state index contributed by atoms with van der Waals surface area (Å²) in [5.74, 6) is 0. The summed E-state index contributed by atoms with van der Waals surface area (Å²) in [4.78, 5) is 1.54. The van der Waals surface area contributed by atoms with Crippen molar-refractivity contribution in [1.29, 1.82) is 0 Å². The second-order valence-corrected chi connectivity index (χ2v) is 10.8. The molecule has 0 fully saturated rings. The van der Waals surface area contributed by atoms with Gasteiger partial charge in [0, 0.05) is 36.6 Å². The van der Waals surface area contributed by atoms with Crippen LogP contribution in [0.15, 0.2) is 48.8 Å². The standard InChI is InChI=1S/C14H8Br6OS/c1-5-9(3-7(15)13(19)11(5)17)22(21)10-4-8(16)14(20)12(18)6(10)2/h3-4H,1-2H3. The molecule has 0 radical (unpaired) electrons. The van der Waals surface area contributed by atoms with Crippen molar-refractivity contribution in [2.75, 3.05) is 0 Å². The van der Waals surface area contributed by atoms with E-state index in [1.54, 1.807) is 0 Å². The van der Waals surface area contributed by atoms with Crippen LogP contribution in [0.1, 0.15) is 11.1 Å². The molecule has 2 aromatic carbocycles. The normalized spacial score (nSPS) is 11.3. The smallest absolute Gasteiger partial charge is 0.0856 e. The number of halogens is 6. The summed E-state index contributed by atoms with van der Waals surface area (Å²) in [6, 6.07) is 3.78. The van der Waals surface area contributed by atoms with E-state index in [1.165, 1.54) is 0 Å². The molecule has 0 spiro atoms. The molecular weight excluding hydrogens is 696 g/mol. The Bertz CT molecular complexity index is 737. The van der Waals surface area contributed by atoms with Gasteiger partial charge in [-0.15, -0.1) is 0 Å². The number of rotatable bonds is 2. The predicted octanol–water partition coefficient (Wildman–Crippen LogP) is 8.05. The van der Waals surface area contributed by atoms with Gasteiger partial charge >= 0.3 is 0 Å². The van der Waals surface area contributed by atoms with E-state index in [-0.39, 0.29) is 0 Å². The Morgan fingerprint density at radius 1 is 0.682 bits per heavy atom. The van der Waals surface area contributed by atoms with Crippen LogP contribution in [0.2, 0.25) is 0 Å². The lowest BCUT2D eigenvalue weighted by Gasteiger charge is -2.14. The fraction of sp³-hybridized carbons (Fsp3) is 0.143. The molecule has 0 unspecified atom stereocenters. The Morgan fingerprint density at radius 3 is 1.32 bits per heavy atom. The summed E-state index contributed by atoms with van der Waals surface area (Å²) in [5, 5.41) is 0. The highest BCUT2D eigenvalue weighted by atomic mass is 79.9. The fourth-order valence-electron chi connectivity index (χ4n) is 1.83. The van der Waals surface area contributed by atoms with Gasteiger partial charge in [0.05, 0.1) is 10.8 Å². The van der Waals surface area contributed by atoms with Gasteiger partial charge in [-0.3, -0.25) is 0 Å². The fourth-order valence-corrected chi connectivity index (χ4v) is 6.91. The van der Waals surface area contributed by atoms with Gasteiger partial charge in [-0.1, -0.05) is 0 Å². The van der Waals surface area contributed by atoms with Gasteiger partial charge in [-0.05, 0) is 133 Å². The van der Waals surface area contributed by atoms with Crippen LogP contribution in [-0.2, 0) is 10.8 Å². The number of hydrogen-bond donors (Lipinski definition) is 0. The van der Waals surface area contributed by atoms with Gasteiger partial charge in [0.2, 0.25) is 0 Å². The lowest BCUT2D eigenvalue weighted by atomic mass is 10.2. The van der Waals surface area contributed by atoms with Crippen LogP contribution in [0.5, 0.6) is 0 Å². The zero-order valence-electron chi connectivity index (χ0n) is 11.2. The molecule has 0 bridgehead atoms. The molecular formula is C14H8Br6OS. The van der Waals surface area contributed by atoms with Crippen LogP contribution in [0.25, 0.3) is 0 Å². The molecule has 0 saturated heterocycles. The second-order valence-electron chi connectivity index (χ2n) is 4.49. The van der Waals surface area contributed by atoms with E-state index in [1.807, 2.05) is 26.0 Å². The van der Waals surface area contributed by atoms with Crippen LogP contribution in [-0.4, -0.2) is 4.21 Å². The van der Waals surface area contributed by atoms with Crippen molar-refractivity contribution in [3.05, 3.63) is 50.1 Å². The van der Waals surface area contributed by atoms with E-state index in [4.69, 9.17) is 0 Å². The summed E-state index contributed by atoms with van der Waals surface area (Å²) in [6.07, 6.45) is 0. The first-order valence-corrected chi connectivity index (χ1v) is 11.8. The molecule has 0 atom stereocenters. The Hall–Kier alpha value is 1.47. The average molecular weight is 704 g/mol. The van der Waals surface area contributed by atoms with Crippen LogP contribution in [0.4, 0.5) is 0 Å². The molecule has 0 amide bonds. The van der Waals surface area contributed by atoms with Crippen LogP contribution in [0, 0.1) is 13.8 Å². The van der Waals surface area contributed by atoms with Crippen molar-refractivity contribution in [2.24, 2.45) is 0 Å². The molecule has 22 heavy (non-hydrogen) atoms. The molecule has 8 heteroatoms. The van der Waals surface area contributed by atoms with E-state index in [0.29, 0.717) is 0 Å². The molecule has 118 valence electrons. The predicted molar refractivity (Wildman–Crippen MR) is 113 cm³/mol. The van der Waals surface area contributed by atoms with Gasteiger partial charge in [0.1, 0.15) is 0 Å². The Kier molecular flexibility index (Phi) is 7.01. The van der Waals surface area contributed by atoms with Crippen molar-refractivity contribution in [1.82, 2.24) is 0 Å². The van der Waals surface area contributed by atoms with Crippen LogP contribution in [0.3, 0.4) is 0 Å². The Balaban J connectivity index is 2.69. The lowest BCUT2D eigenvalue weighted by molar-refractivity contribution is 0.682. The summed E-state index contributed by atoms with van der Waals surface area (Å²) >= 11 is 21.1. The van der Waals surface area contributed by atoms with E-state index in [2.05, 4.69) is 95.6 Å². The maximum absolute atomic E-state index is 13.1. The zero-order chi connectivity index (χ0) is 16.8. The topological polar surface area (TPSA) is 17.1 Å². The maximum atomic E-state index is 13.1. The van der Waals surface area contributed by atoms with E-state index >= 15 is 0 Å². The van der Waals surface area contributed by atoms with Gasteiger partial charge in [-0.25, -0.2) is 4.21 Å². The van der Waals surface area contributed by atoms with Gasteiger partial charge in [0.25, 0.3) is 0 Å². The Morgan fingerprint density at radius 2 is 1.00 bits per heavy atom.